The summed E-state index contributed by atoms with van der Waals surface area (Å²) in [5.41, 5.74) is 1.87. The Labute approximate surface area is 125 Å². The molecule has 2 N–H and O–H groups in total. The second-order valence-corrected chi connectivity index (χ2v) is 7.54. The monoisotopic (exact) mass is 324 g/mol. The molecular weight excluding hydrogens is 312 g/mol. The number of hydrogen-bond donors (Lipinski definition) is 2. The average molecular weight is 324 g/mol. The van der Waals surface area contributed by atoms with E-state index in [0.717, 1.165) is 16.9 Å². The van der Waals surface area contributed by atoms with E-state index in [1.165, 1.54) is 5.51 Å². The van der Waals surface area contributed by atoms with Crippen LogP contribution in [0.2, 0.25) is 0 Å². The lowest BCUT2D eigenvalue weighted by Gasteiger charge is -2.05. The largest absolute Gasteiger partial charge is 0.476 e. The Morgan fingerprint density at radius 1 is 1.33 bits per heavy atom. The molecule has 0 spiro atoms. The normalized spacial score (nSPS) is 21.1. The van der Waals surface area contributed by atoms with Gasteiger partial charge in [-0.15, -0.1) is 11.3 Å². The predicted molar refractivity (Wildman–Crippen MR) is 77.0 cm³/mol. The molecule has 0 aliphatic heterocycles. The standard InChI is InChI=1S/C13H12N2O4S2/c16-12(17)11-13(20-7-14-11)21(18,19)15-10-6-9(10)8-4-2-1-3-5-8/h1-5,7,9-10,15H,6H2,(H,16,17). The van der Waals surface area contributed by atoms with E-state index in [1.807, 2.05) is 30.3 Å². The van der Waals surface area contributed by atoms with Crippen LogP contribution in [0.25, 0.3) is 0 Å². The van der Waals surface area contributed by atoms with E-state index in [0.29, 0.717) is 6.42 Å². The summed E-state index contributed by atoms with van der Waals surface area (Å²) in [5.74, 6) is -1.20. The molecule has 0 saturated heterocycles. The van der Waals surface area contributed by atoms with E-state index in [4.69, 9.17) is 5.11 Å². The molecule has 1 aromatic heterocycles. The summed E-state index contributed by atoms with van der Waals surface area (Å²) in [5, 5.41) is 8.95. The van der Waals surface area contributed by atoms with Crippen molar-refractivity contribution in [3.8, 4) is 0 Å². The number of nitrogens with one attached hydrogen (secondary N) is 1. The van der Waals surface area contributed by atoms with Crippen molar-refractivity contribution in [3.05, 3.63) is 47.1 Å². The Bertz CT molecular complexity index is 770. The first-order valence-corrected chi connectivity index (χ1v) is 8.59. The Morgan fingerprint density at radius 3 is 2.71 bits per heavy atom. The first kappa shape index (κ1) is 14.2. The number of aromatic carboxylic acids is 1. The molecule has 0 amide bonds. The van der Waals surface area contributed by atoms with Crippen LogP contribution in [0.3, 0.4) is 0 Å². The van der Waals surface area contributed by atoms with Gasteiger partial charge in [0.05, 0.1) is 5.51 Å². The Kier molecular flexibility index (Phi) is 3.52. The van der Waals surface area contributed by atoms with Gasteiger partial charge >= 0.3 is 5.97 Å². The van der Waals surface area contributed by atoms with Gasteiger partial charge in [0.15, 0.2) is 9.90 Å². The minimum atomic E-state index is -3.85. The second kappa shape index (κ2) is 5.21. The van der Waals surface area contributed by atoms with E-state index in [1.54, 1.807) is 0 Å². The van der Waals surface area contributed by atoms with Crippen molar-refractivity contribution in [1.29, 1.82) is 0 Å². The maximum absolute atomic E-state index is 12.2. The third kappa shape index (κ3) is 2.82. The number of rotatable bonds is 5. The van der Waals surface area contributed by atoms with Gasteiger partial charge < -0.3 is 5.11 Å². The number of benzene rings is 1. The van der Waals surface area contributed by atoms with Gasteiger partial charge in [0.1, 0.15) is 0 Å². The highest BCUT2D eigenvalue weighted by Crippen LogP contribution is 2.41. The van der Waals surface area contributed by atoms with Crippen LogP contribution in [0.15, 0.2) is 40.1 Å². The molecule has 2 unspecified atom stereocenters. The summed E-state index contributed by atoms with van der Waals surface area (Å²) in [4.78, 5) is 14.6. The second-order valence-electron chi connectivity index (χ2n) is 4.77. The van der Waals surface area contributed by atoms with Crippen LogP contribution >= 0.6 is 11.3 Å². The van der Waals surface area contributed by atoms with Crippen LogP contribution in [0.1, 0.15) is 28.4 Å². The van der Waals surface area contributed by atoms with Crippen molar-refractivity contribution in [2.45, 2.75) is 22.6 Å². The van der Waals surface area contributed by atoms with Crippen LogP contribution in [-0.4, -0.2) is 30.5 Å². The average Bonchev–Trinajstić information content (AvgIpc) is 3.01. The SMILES string of the molecule is O=C(O)c1ncsc1S(=O)(=O)NC1CC1c1ccccc1. The first-order chi connectivity index (χ1) is 9.99. The lowest BCUT2D eigenvalue weighted by Crippen LogP contribution is -2.27. The van der Waals surface area contributed by atoms with Crippen LogP contribution in [0, 0.1) is 0 Å². The van der Waals surface area contributed by atoms with E-state index in [9.17, 15) is 13.2 Å². The zero-order valence-electron chi connectivity index (χ0n) is 10.8. The van der Waals surface area contributed by atoms with Crippen molar-refractivity contribution in [2.75, 3.05) is 0 Å². The quantitative estimate of drug-likeness (QED) is 0.872. The lowest BCUT2D eigenvalue weighted by molar-refractivity contribution is 0.0687. The van der Waals surface area contributed by atoms with Gasteiger partial charge in [-0.2, -0.15) is 0 Å². The zero-order chi connectivity index (χ0) is 15.0. The number of nitrogens with zero attached hydrogens (tertiary/aromatic N) is 1. The predicted octanol–water partition coefficient (Wildman–Crippen LogP) is 1.68. The molecule has 8 heteroatoms. The molecule has 2 aromatic rings. The summed E-state index contributed by atoms with van der Waals surface area (Å²) in [6.07, 6.45) is 0.713. The van der Waals surface area contributed by atoms with E-state index >= 15 is 0 Å². The van der Waals surface area contributed by atoms with Crippen LogP contribution in [-0.2, 0) is 10.0 Å². The highest BCUT2D eigenvalue weighted by Gasteiger charge is 2.42. The minimum Gasteiger partial charge on any atom is -0.476 e. The molecule has 0 bridgehead atoms. The summed E-state index contributed by atoms with van der Waals surface area (Å²) < 4.78 is 26.8. The third-order valence-corrected chi connectivity index (χ3v) is 6.17. The molecule has 1 saturated carbocycles. The summed E-state index contributed by atoms with van der Waals surface area (Å²) in [6, 6.07) is 9.43. The maximum atomic E-state index is 12.2. The fourth-order valence-corrected chi connectivity index (χ4v) is 4.66. The molecule has 3 rings (SSSR count). The number of carbonyl (C=O) groups is 1. The van der Waals surface area contributed by atoms with Crippen LogP contribution in [0.5, 0.6) is 0 Å². The van der Waals surface area contributed by atoms with Gasteiger partial charge in [0, 0.05) is 12.0 Å². The van der Waals surface area contributed by atoms with Crippen molar-refractivity contribution in [1.82, 2.24) is 9.71 Å². The molecule has 0 radical (unpaired) electrons. The summed E-state index contributed by atoms with van der Waals surface area (Å²) in [6.45, 7) is 0. The van der Waals surface area contributed by atoms with E-state index in [-0.39, 0.29) is 16.2 Å². The van der Waals surface area contributed by atoms with Crippen LogP contribution in [0.4, 0.5) is 0 Å². The fraction of sp³-hybridized carbons (Fsp3) is 0.231. The molecule has 1 aliphatic rings. The third-order valence-electron chi connectivity index (χ3n) is 3.31. The van der Waals surface area contributed by atoms with Crippen LogP contribution < -0.4 is 4.72 Å². The topological polar surface area (TPSA) is 96.4 Å². The smallest absolute Gasteiger partial charge is 0.356 e. The molecule has 21 heavy (non-hydrogen) atoms. The number of hydrogen-bond acceptors (Lipinski definition) is 5. The van der Waals surface area contributed by atoms with Crippen molar-refractivity contribution >= 4 is 27.3 Å². The zero-order valence-corrected chi connectivity index (χ0v) is 12.4. The molecule has 2 atom stereocenters. The fourth-order valence-electron chi connectivity index (χ4n) is 2.22. The maximum Gasteiger partial charge on any atom is 0.356 e. The molecule has 6 nitrogen and oxygen atoms in total. The van der Waals surface area contributed by atoms with E-state index < -0.39 is 21.7 Å². The molecular formula is C13H12N2O4S2. The van der Waals surface area contributed by atoms with Crippen molar-refractivity contribution < 1.29 is 18.3 Å². The van der Waals surface area contributed by atoms with Crippen molar-refractivity contribution in [2.24, 2.45) is 0 Å². The Balaban J connectivity index is 1.77. The van der Waals surface area contributed by atoms with E-state index in [2.05, 4.69) is 9.71 Å². The Morgan fingerprint density at radius 2 is 2.05 bits per heavy atom. The number of thiazole rings is 1. The molecule has 110 valence electrons. The summed E-state index contributed by atoms with van der Waals surface area (Å²) >= 11 is 0.809. The molecule has 1 heterocycles. The first-order valence-electron chi connectivity index (χ1n) is 6.23. The highest BCUT2D eigenvalue weighted by atomic mass is 32.2. The van der Waals surface area contributed by atoms with Crippen molar-refractivity contribution in [3.63, 3.8) is 0 Å². The molecule has 1 aromatic carbocycles. The van der Waals surface area contributed by atoms with Gasteiger partial charge in [-0.05, 0) is 12.0 Å². The highest BCUT2D eigenvalue weighted by molar-refractivity contribution is 7.91. The van der Waals surface area contributed by atoms with Gasteiger partial charge in [-0.25, -0.2) is 22.9 Å². The number of carboxylic acids is 1. The number of carboxylic acid groups (broad SMARTS) is 1. The molecule has 1 aliphatic carbocycles. The Hall–Kier alpha value is -1.77. The number of sulfonamides is 1. The minimum absolute atomic E-state index is 0.141. The van der Waals surface area contributed by atoms with Gasteiger partial charge in [0.2, 0.25) is 0 Å². The van der Waals surface area contributed by atoms with Gasteiger partial charge in [-0.1, -0.05) is 30.3 Å². The van der Waals surface area contributed by atoms with Gasteiger partial charge in [0.25, 0.3) is 10.0 Å². The lowest BCUT2D eigenvalue weighted by atomic mass is 10.1. The number of aromatic nitrogens is 1. The summed E-state index contributed by atoms with van der Waals surface area (Å²) in [7, 11) is -3.85. The molecule has 1 fully saturated rings. The van der Waals surface area contributed by atoms with Gasteiger partial charge in [-0.3, -0.25) is 0 Å².